The van der Waals surface area contributed by atoms with Crippen molar-refractivity contribution in [2.24, 2.45) is 0 Å². The van der Waals surface area contributed by atoms with E-state index in [4.69, 9.17) is 9.47 Å². The number of hydrogen-bond donors (Lipinski definition) is 1. The second-order valence-corrected chi connectivity index (χ2v) is 8.86. The van der Waals surface area contributed by atoms with E-state index in [1.165, 1.54) is 7.11 Å². The van der Waals surface area contributed by atoms with Gasteiger partial charge in [0.15, 0.2) is 0 Å². The molecule has 170 valence electrons. The van der Waals surface area contributed by atoms with Gasteiger partial charge < -0.3 is 14.8 Å². The van der Waals surface area contributed by atoms with Gasteiger partial charge in [0.1, 0.15) is 11.6 Å². The van der Waals surface area contributed by atoms with Gasteiger partial charge in [-0.25, -0.2) is 4.68 Å². The van der Waals surface area contributed by atoms with Crippen LogP contribution in [0.1, 0.15) is 62.2 Å². The zero-order chi connectivity index (χ0) is 23.0. The Morgan fingerprint density at radius 2 is 1.97 bits per heavy atom. The van der Waals surface area contributed by atoms with Gasteiger partial charge in [-0.3, -0.25) is 4.79 Å². The fourth-order valence-corrected chi connectivity index (χ4v) is 3.48. The van der Waals surface area contributed by atoms with Crippen LogP contribution >= 0.6 is 0 Å². The molecular weight excluding hydrogens is 411 g/mol. The number of carbonyl (C=O) groups excluding carboxylic acids is 1. The first-order valence-electron chi connectivity index (χ1n) is 10.2. The van der Waals surface area contributed by atoms with Crippen molar-refractivity contribution in [2.75, 3.05) is 12.4 Å². The first kappa shape index (κ1) is 23.1. The van der Waals surface area contributed by atoms with Crippen LogP contribution in [0, 0.1) is 0 Å². The molecule has 0 radical (unpaired) electrons. The molecule has 1 fully saturated rings. The third-order valence-electron chi connectivity index (χ3n) is 5.26. The van der Waals surface area contributed by atoms with E-state index >= 15 is 0 Å². The SMILES string of the molecule is COc1ccc(C(F)(F)F)cc1C(=O)Nc1cc(C(C)(C)C)nn1CC1CC[C@@H](C)O1. The van der Waals surface area contributed by atoms with Gasteiger partial charge in [-0.1, -0.05) is 20.8 Å². The third kappa shape index (κ3) is 5.39. The molecule has 3 rings (SSSR count). The summed E-state index contributed by atoms with van der Waals surface area (Å²) in [6.45, 7) is 8.43. The molecule has 0 spiro atoms. The van der Waals surface area contributed by atoms with Gasteiger partial charge in [-0.15, -0.1) is 0 Å². The van der Waals surface area contributed by atoms with Crippen molar-refractivity contribution in [3.8, 4) is 5.75 Å². The maximum absolute atomic E-state index is 13.2. The van der Waals surface area contributed by atoms with E-state index in [-0.39, 0.29) is 28.9 Å². The number of rotatable bonds is 5. The van der Waals surface area contributed by atoms with Crippen LogP contribution in [0.15, 0.2) is 24.3 Å². The number of carbonyl (C=O) groups is 1. The minimum atomic E-state index is -4.57. The number of anilines is 1. The Kier molecular flexibility index (Phi) is 6.36. The van der Waals surface area contributed by atoms with E-state index in [2.05, 4.69) is 10.4 Å². The van der Waals surface area contributed by atoms with Crippen molar-refractivity contribution in [1.82, 2.24) is 9.78 Å². The Morgan fingerprint density at radius 3 is 2.52 bits per heavy atom. The number of nitrogens with one attached hydrogen (secondary N) is 1. The summed E-state index contributed by atoms with van der Waals surface area (Å²) in [5.41, 5.74) is -0.642. The fourth-order valence-electron chi connectivity index (χ4n) is 3.48. The zero-order valence-corrected chi connectivity index (χ0v) is 18.3. The lowest BCUT2D eigenvalue weighted by Crippen LogP contribution is -2.22. The Bertz CT molecular complexity index is 948. The highest BCUT2D eigenvalue weighted by atomic mass is 19.4. The Balaban J connectivity index is 1.92. The Labute approximate surface area is 179 Å². The molecule has 1 saturated heterocycles. The minimum absolute atomic E-state index is 0.0403. The fraction of sp³-hybridized carbons (Fsp3) is 0.545. The summed E-state index contributed by atoms with van der Waals surface area (Å²) in [5.74, 6) is -0.247. The summed E-state index contributed by atoms with van der Waals surface area (Å²) in [4.78, 5) is 12.9. The molecular formula is C22H28F3N3O3. The molecule has 1 aliphatic heterocycles. The molecule has 2 heterocycles. The van der Waals surface area contributed by atoms with Crippen molar-refractivity contribution in [3.63, 3.8) is 0 Å². The first-order chi connectivity index (χ1) is 14.4. The van der Waals surface area contributed by atoms with Gasteiger partial charge in [0.25, 0.3) is 5.91 Å². The van der Waals surface area contributed by atoms with Crippen LogP contribution in [-0.2, 0) is 22.9 Å². The number of aromatic nitrogens is 2. The molecule has 1 aromatic carbocycles. The van der Waals surface area contributed by atoms with Crippen molar-refractivity contribution >= 4 is 11.7 Å². The van der Waals surface area contributed by atoms with E-state index in [0.717, 1.165) is 36.7 Å². The standard InChI is InChI=1S/C22H28F3N3O3/c1-13-6-8-15(31-13)12-28-19(11-18(27-28)21(2,3)4)26-20(29)16-10-14(22(23,24)25)7-9-17(16)30-5/h7,9-11,13,15H,6,8,12H2,1-5H3,(H,26,29)/t13-,15?/m1/s1. The largest absolute Gasteiger partial charge is 0.496 e. The maximum Gasteiger partial charge on any atom is 0.416 e. The third-order valence-corrected chi connectivity index (χ3v) is 5.26. The minimum Gasteiger partial charge on any atom is -0.496 e. The monoisotopic (exact) mass is 439 g/mol. The molecule has 1 N–H and O–H groups in total. The lowest BCUT2D eigenvalue weighted by molar-refractivity contribution is -0.137. The smallest absolute Gasteiger partial charge is 0.416 e. The van der Waals surface area contributed by atoms with Crippen molar-refractivity contribution in [3.05, 3.63) is 41.1 Å². The summed E-state index contributed by atoms with van der Waals surface area (Å²) in [5, 5.41) is 7.34. The predicted octanol–water partition coefficient (Wildman–Crippen LogP) is 5.03. The Hall–Kier alpha value is -2.55. The maximum atomic E-state index is 13.2. The molecule has 2 atom stereocenters. The molecule has 6 nitrogen and oxygen atoms in total. The quantitative estimate of drug-likeness (QED) is 0.710. The first-order valence-corrected chi connectivity index (χ1v) is 10.2. The topological polar surface area (TPSA) is 65.4 Å². The summed E-state index contributed by atoms with van der Waals surface area (Å²) < 4.78 is 52.1. The average Bonchev–Trinajstić information content (AvgIpc) is 3.26. The lowest BCUT2D eigenvalue weighted by atomic mass is 9.92. The number of nitrogens with zero attached hydrogens (tertiary/aromatic N) is 2. The van der Waals surface area contributed by atoms with Crippen LogP contribution in [0.4, 0.5) is 19.0 Å². The van der Waals surface area contributed by atoms with Crippen LogP contribution in [0.5, 0.6) is 5.75 Å². The van der Waals surface area contributed by atoms with E-state index in [9.17, 15) is 18.0 Å². The number of hydrogen-bond acceptors (Lipinski definition) is 4. The molecule has 0 bridgehead atoms. The second kappa shape index (κ2) is 8.53. The van der Waals surface area contributed by atoms with Gasteiger partial charge in [0.2, 0.25) is 0 Å². The summed E-state index contributed by atoms with van der Waals surface area (Å²) in [7, 11) is 1.31. The molecule has 1 aliphatic rings. The van der Waals surface area contributed by atoms with Gasteiger partial charge in [-0.05, 0) is 38.0 Å². The van der Waals surface area contributed by atoms with E-state index in [1.807, 2.05) is 27.7 Å². The Morgan fingerprint density at radius 1 is 1.26 bits per heavy atom. The van der Waals surface area contributed by atoms with Crippen molar-refractivity contribution in [2.45, 2.75) is 70.9 Å². The number of halogens is 3. The van der Waals surface area contributed by atoms with E-state index in [0.29, 0.717) is 12.4 Å². The average molecular weight is 439 g/mol. The molecule has 1 aromatic heterocycles. The number of alkyl halides is 3. The number of amides is 1. The number of methoxy groups -OCH3 is 1. The number of ether oxygens (including phenoxy) is 2. The summed E-state index contributed by atoms with van der Waals surface area (Å²) in [6, 6.07) is 4.57. The highest BCUT2D eigenvalue weighted by Gasteiger charge is 2.32. The second-order valence-electron chi connectivity index (χ2n) is 8.86. The normalized spacial score (nSPS) is 19.5. The van der Waals surface area contributed by atoms with Crippen LogP contribution < -0.4 is 10.1 Å². The summed E-state index contributed by atoms with van der Waals surface area (Å²) >= 11 is 0. The molecule has 1 unspecified atom stereocenters. The number of benzene rings is 1. The predicted molar refractivity (Wildman–Crippen MR) is 110 cm³/mol. The highest BCUT2D eigenvalue weighted by Crippen LogP contribution is 2.33. The van der Waals surface area contributed by atoms with Gasteiger partial charge in [0.05, 0.1) is 42.7 Å². The molecule has 0 aliphatic carbocycles. The van der Waals surface area contributed by atoms with Crippen molar-refractivity contribution < 1.29 is 27.4 Å². The van der Waals surface area contributed by atoms with E-state index < -0.39 is 17.6 Å². The van der Waals surface area contributed by atoms with Crippen LogP contribution in [0.2, 0.25) is 0 Å². The highest BCUT2D eigenvalue weighted by molar-refractivity contribution is 6.06. The lowest BCUT2D eigenvalue weighted by Gasteiger charge is -2.16. The van der Waals surface area contributed by atoms with Gasteiger partial charge >= 0.3 is 6.18 Å². The summed E-state index contributed by atoms with van der Waals surface area (Å²) in [6.07, 6.45) is -2.63. The van der Waals surface area contributed by atoms with Crippen LogP contribution in [0.3, 0.4) is 0 Å². The van der Waals surface area contributed by atoms with Crippen molar-refractivity contribution in [1.29, 1.82) is 0 Å². The zero-order valence-electron chi connectivity index (χ0n) is 18.3. The van der Waals surface area contributed by atoms with Crippen LogP contribution in [0.25, 0.3) is 0 Å². The molecule has 0 saturated carbocycles. The molecule has 1 amide bonds. The van der Waals surface area contributed by atoms with Gasteiger partial charge in [-0.2, -0.15) is 18.3 Å². The molecule has 2 aromatic rings. The molecule has 31 heavy (non-hydrogen) atoms. The molecule has 9 heteroatoms. The van der Waals surface area contributed by atoms with Gasteiger partial charge in [0, 0.05) is 11.5 Å². The van der Waals surface area contributed by atoms with E-state index in [1.54, 1.807) is 10.7 Å². The van der Waals surface area contributed by atoms with Crippen LogP contribution in [-0.4, -0.2) is 35.0 Å².